The van der Waals surface area contributed by atoms with E-state index < -0.39 is 0 Å². The Morgan fingerprint density at radius 2 is 1.57 bits per heavy atom. The van der Waals surface area contributed by atoms with Crippen LogP contribution in [0.4, 0.5) is 0 Å². The normalized spacial score (nSPS) is 15.0. The van der Waals surface area contributed by atoms with Crippen molar-refractivity contribution in [3.05, 3.63) is 35.4 Å². The van der Waals surface area contributed by atoms with E-state index in [9.17, 15) is 0 Å². The first-order chi connectivity index (χ1) is 10.1. The fourth-order valence-electron chi connectivity index (χ4n) is 2.89. The first-order valence-corrected chi connectivity index (χ1v) is 7.76. The summed E-state index contributed by atoms with van der Waals surface area (Å²) < 4.78 is 0. The average Bonchev–Trinajstić information content (AvgIpc) is 2.93. The van der Waals surface area contributed by atoms with E-state index in [1.54, 1.807) is 0 Å². The highest BCUT2D eigenvalue weighted by Gasteiger charge is 2.13. The molecule has 1 aromatic rings. The lowest BCUT2D eigenvalue weighted by atomic mass is 10.1. The summed E-state index contributed by atoms with van der Waals surface area (Å²) in [5, 5.41) is 0. The molecule has 1 aromatic carbocycles. The second kappa shape index (κ2) is 7.46. The molecule has 0 bridgehead atoms. The Bertz CT molecular complexity index is 463. The van der Waals surface area contributed by atoms with Crippen molar-refractivity contribution < 1.29 is 0 Å². The topological polar surface area (TPSA) is 22.1 Å². The lowest BCUT2D eigenvalue weighted by Crippen LogP contribution is -2.35. The van der Waals surface area contributed by atoms with Crippen LogP contribution in [0.3, 0.4) is 0 Å². The van der Waals surface area contributed by atoms with Gasteiger partial charge in [0.2, 0.25) is 0 Å². The molecule has 0 radical (unpaired) electrons. The average molecular weight is 288 g/mol. The standard InChI is InChI=1S/C17H28N4/c1-19(2)17(20(3)4)18-13-15-9-5-6-10-16(15)14-21-11-7-8-12-21/h5-6,9-10H,7-8,11-14H2,1-4H3. The summed E-state index contributed by atoms with van der Waals surface area (Å²) >= 11 is 0. The SMILES string of the molecule is CN(C)C(=NCc1ccccc1CN1CCCC1)N(C)C. The van der Waals surface area contributed by atoms with Crippen molar-refractivity contribution in [1.29, 1.82) is 0 Å². The molecule has 1 aliphatic rings. The molecule has 0 unspecified atom stereocenters. The number of hydrogen-bond donors (Lipinski definition) is 0. The number of aliphatic imine (C=N–C) groups is 1. The zero-order valence-electron chi connectivity index (χ0n) is 13.8. The molecule has 0 aromatic heterocycles. The van der Waals surface area contributed by atoms with Crippen LogP contribution in [0.15, 0.2) is 29.3 Å². The third kappa shape index (κ3) is 4.46. The molecule has 1 fully saturated rings. The summed E-state index contributed by atoms with van der Waals surface area (Å²) in [6.45, 7) is 4.27. The van der Waals surface area contributed by atoms with Crippen LogP contribution in [0.1, 0.15) is 24.0 Å². The Labute approximate surface area is 129 Å². The number of rotatable bonds is 4. The van der Waals surface area contributed by atoms with Crippen LogP contribution in [-0.2, 0) is 13.1 Å². The molecule has 0 saturated carbocycles. The number of nitrogens with zero attached hydrogens (tertiary/aromatic N) is 4. The van der Waals surface area contributed by atoms with Gasteiger partial charge in [0.25, 0.3) is 0 Å². The minimum absolute atomic E-state index is 0.746. The number of guanidine groups is 1. The summed E-state index contributed by atoms with van der Waals surface area (Å²) in [5.41, 5.74) is 2.76. The summed E-state index contributed by atoms with van der Waals surface area (Å²) in [4.78, 5) is 11.4. The Balaban J connectivity index is 2.10. The van der Waals surface area contributed by atoms with E-state index in [1.807, 2.05) is 28.2 Å². The fourth-order valence-corrected chi connectivity index (χ4v) is 2.89. The molecular weight excluding hydrogens is 260 g/mol. The summed E-state index contributed by atoms with van der Waals surface area (Å²) in [5.74, 6) is 1.01. The first kappa shape index (κ1) is 15.8. The minimum atomic E-state index is 0.746. The third-order valence-corrected chi connectivity index (χ3v) is 3.90. The van der Waals surface area contributed by atoms with E-state index in [2.05, 4.69) is 39.0 Å². The van der Waals surface area contributed by atoms with Crippen LogP contribution in [0, 0.1) is 0 Å². The van der Waals surface area contributed by atoms with Crippen molar-refractivity contribution in [2.45, 2.75) is 25.9 Å². The monoisotopic (exact) mass is 288 g/mol. The maximum atomic E-state index is 4.78. The second-order valence-electron chi connectivity index (χ2n) is 6.16. The van der Waals surface area contributed by atoms with Crippen LogP contribution in [0.5, 0.6) is 0 Å². The van der Waals surface area contributed by atoms with Crippen molar-refractivity contribution in [3.8, 4) is 0 Å². The van der Waals surface area contributed by atoms with E-state index >= 15 is 0 Å². The van der Waals surface area contributed by atoms with Gasteiger partial charge in [-0.3, -0.25) is 4.90 Å². The summed E-state index contributed by atoms with van der Waals surface area (Å²) in [7, 11) is 8.15. The highest BCUT2D eigenvalue weighted by molar-refractivity contribution is 5.79. The molecular formula is C17H28N4. The van der Waals surface area contributed by atoms with Crippen molar-refractivity contribution in [3.63, 3.8) is 0 Å². The van der Waals surface area contributed by atoms with E-state index in [0.717, 1.165) is 19.0 Å². The maximum absolute atomic E-state index is 4.78. The molecule has 2 rings (SSSR count). The van der Waals surface area contributed by atoms with Crippen LogP contribution < -0.4 is 0 Å². The molecule has 1 aliphatic heterocycles. The number of hydrogen-bond acceptors (Lipinski definition) is 2. The van der Waals surface area contributed by atoms with E-state index in [1.165, 1.54) is 37.1 Å². The lowest BCUT2D eigenvalue weighted by Gasteiger charge is -2.23. The van der Waals surface area contributed by atoms with Gasteiger partial charge in [-0.05, 0) is 37.1 Å². The predicted octanol–water partition coefficient (Wildman–Crippen LogP) is 2.26. The van der Waals surface area contributed by atoms with Crippen LogP contribution in [0.2, 0.25) is 0 Å². The zero-order valence-corrected chi connectivity index (χ0v) is 13.8. The predicted molar refractivity (Wildman–Crippen MR) is 89.5 cm³/mol. The van der Waals surface area contributed by atoms with Gasteiger partial charge < -0.3 is 9.80 Å². The molecule has 4 heteroatoms. The van der Waals surface area contributed by atoms with E-state index in [4.69, 9.17) is 4.99 Å². The molecule has 116 valence electrons. The van der Waals surface area contributed by atoms with Gasteiger partial charge in [-0.15, -0.1) is 0 Å². The molecule has 0 spiro atoms. The van der Waals surface area contributed by atoms with Crippen LogP contribution in [-0.4, -0.2) is 61.9 Å². The van der Waals surface area contributed by atoms with Gasteiger partial charge in [-0.25, -0.2) is 4.99 Å². The molecule has 21 heavy (non-hydrogen) atoms. The van der Waals surface area contributed by atoms with Gasteiger partial charge >= 0.3 is 0 Å². The molecule has 4 nitrogen and oxygen atoms in total. The van der Waals surface area contributed by atoms with Crippen molar-refractivity contribution in [2.24, 2.45) is 4.99 Å². The molecule has 1 saturated heterocycles. The quantitative estimate of drug-likeness (QED) is 0.627. The molecule has 1 heterocycles. The molecule has 0 amide bonds. The number of likely N-dealkylation sites (tertiary alicyclic amines) is 1. The highest BCUT2D eigenvalue weighted by atomic mass is 15.3. The van der Waals surface area contributed by atoms with Gasteiger partial charge in [-0.2, -0.15) is 0 Å². The molecule has 0 atom stereocenters. The highest BCUT2D eigenvalue weighted by Crippen LogP contribution is 2.17. The molecule has 0 aliphatic carbocycles. The third-order valence-electron chi connectivity index (χ3n) is 3.90. The Kier molecular flexibility index (Phi) is 5.62. The van der Waals surface area contributed by atoms with Crippen molar-refractivity contribution in [1.82, 2.24) is 14.7 Å². The van der Waals surface area contributed by atoms with Gasteiger partial charge in [0.05, 0.1) is 6.54 Å². The second-order valence-corrected chi connectivity index (χ2v) is 6.16. The Morgan fingerprint density at radius 1 is 1.00 bits per heavy atom. The van der Waals surface area contributed by atoms with Crippen molar-refractivity contribution in [2.75, 3.05) is 41.3 Å². The Hall–Kier alpha value is -1.55. The lowest BCUT2D eigenvalue weighted by molar-refractivity contribution is 0.330. The molecule has 0 N–H and O–H groups in total. The van der Waals surface area contributed by atoms with Crippen molar-refractivity contribution >= 4 is 5.96 Å². The van der Waals surface area contributed by atoms with Gasteiger partial charge in [0.15, 0.2) is 5.96 Å². The smallest absolute Gasteiger partial charge is 0.195 e. The maximum Gasteiger partial charge on any atom is 0.195 e. The fraction of sp³-hybridized carbons (Fsp3) is 0.588. The largest absolute Gasteiger partial charge is 0.349 e. The van der Waals surface area contributed by atoms with E-state index in [-0.39, 0.29) is 0 Å². The van der Waals surface area contributed by atoms with E-state index in [0.29, 0.717) is 0 Å². The minimum Gasteiger partial charge on any atom is -0.349 e. The number of benzene rings is 1. The van der Waals surface area contributed by atoms with Crippen LogP contribution in [0.25, 0.3) is 0 Å². The van der Waals surface area contributed by atoms with Gasteiger partial charge in [-0.1, -0.05) is 24.3 Å². The first-order valence-electron chi connectivity index (χ1n) is 7.76. The Morgan fingerprint density at radius 3 is 2.14 bits per heavy atom. The van der Waals surface area contributed by atoms with Gasteiger partial charge in [0, 0.05) is 34.7 Å². The van der Waals surface area contributed by atoms with Gasteiger partial charge in [0.1, 0.15) is 0 Å². The zero-order chi connectivity index (χ0) is 15.2. The summed E-state index contributed by atoms with van der Waals surface area (Å²) in [6, 6.07) is 8.70. The summed E-state index contributed by atoms with van der Waals surface area (Å²) in [6.07, 6.45) is 2.68. The van der Waals surface area contributed by atoms with Crippen LogP contribution >= 0.6 is 0 Å².